The number of hydrogen-bond donors (Lipinski definition) is 0. The van der Waals surface area contributed by atoms with E-state index >= 15 is 0 Å². The van der Waals surface area contributed by atoms with Gasteiger partial charge in [0.1, 0.15) is 0 Å². The Morgan fingerprint density at radius 1 is 0.351 bits per heavy atom. The zero-order chi connectivity index (χ0) is 27.0. The quantitative estimate of drug-likeness (QED) is 0.0750. The first-order valence-corrected chi connectivity index (χ1v) is 15.9. The molecule has 0 aromatic carbocycles. The number of carbonyl (C=O) groups is 2. The van der Waals surface area contributed by atoms with E-state index < -0.39 is 11.9 Å². The molecule has 0 fully saturated rings. The molecule has 0 rings (SSSR count). The molecule has 0 spiro atoms. The molecule has 0 aliphatic heterocycles. The van der Waals surface area contributed by atoms with Gasteiger partial charge in [-0.3, -0.25) is 0 Å². The molecule has 0 aromatic heterocycles. The van der Waals surface area contributed by atoms with Crippen LogP contribution in [0.25, 0.3) is 0 Å². The molecular formula is C32H62MgO4. The smallest absolute Gasteiger partial charge is 0.550 e. The van der Waals surface area contributed by atoms with E-state index in [9.17, 15) is 19.8 Å². The van der Waals surface area contributed by atoms with Gasteiger partial charge in [0, 0.05) is 11.9 Å². The van der Waals surface area contributed by atoms with Crippen molar-refractivity contribution >= 4 is 35.0 Å². The summed E-state index contributed by atoms with van der Waals surface area (Å²) >= 11 is 0. The Balaban J connectivity index is -0.000000623. The molecule has 0 atom stereocenters. The van der Waals surface area contributed by atoms with Crippen LogP contribution in [0.4, 0.5) is 0 Å². The predicted octanol–water partition coefficient (Wildman–Crippen LogP) is 8.05. The molecule has 0 radical (unpaired) electrons. The van der Waals surface area contributed by atoms with E-state index in [1.807, 2.05) is 0 Å². The van der Waals surface area contributed by atoms with E-state index in [0.29, 0.717) is 0 Å². The van der Waals surface area contributed by atoms with Crippen molar-refractivity contribution in [2.24, 2.45) is 0 Å². The molecule has 0 saturated carbocycles. The summed E-state index contributed by atoms with van der Waals surface area (Å²) in [6.45, 7) is 4.51. The number of carboxylic acids is 2. The van der Waals surface area contributed by atoms with E-state index in [-0.39, 0.29) is 35.9 Å². The van der Waals surface area contributed by atoms with Gasteiger partial charge in [-0.1, -0.05) is 168 Å². The van der Waals surface area contributed by atoms with Crippen molar-refractivity contribution < 1.29 is 19.8 Å². The first kappa shape index (κ1) is 41.2. The monoisotopic (exact) mass is 534 g/mol. The molecule has 0 saturated heterocycles. The minimum Gasteiger partial charge on any atom is -0.550 e. The van der Waals surface area contributed by atoms with Gasteiger partial charge in [-0.25, -0.2) is 0 Å². The van der Waals surface area contributed by atoms with Crippen LogP contribution in [-0.2, 0) is 9.59 Å². The molecule has 0 bridgehead atoms. The summed E-state index contributed by atoms with van der Waals surface area (Å²) in [6.07, 6.45) is 33.9. The van der Waals surface area contributed by atoms with Crippen LogP contribution < -0.4 is 10.2 Å². The van der Waals surface area contributed by atoms with Crippen LogP contribution in [0.3, 0.4) is 0 Å². The van der Waals surface area contributed by atoms with Gasteiger partial charge in [0.25, 0.3) is 0 Å². The molecule has 0 aliphatic carbocycles. The van der Waals surface area contributed by atoms with Gasteiger partial charge >= 0.3 is 23.1 Å². The molecule has 0 N–H and O–H groups in total. The van der Waals surface area contributed by atoms with Crippen molar-refractivity contribution in [3.63, 3.8) is 0 Å². The fourth-order valence-electron chi connectivity index (χ4n) is 4.57. The zero-order valence-electron chi connectivity index (χ0n) is 25.1. The van der Waals surface area contributed by atoms with Crippen LogP contribution in [0.2, 0.25) is 0 Å². The van der Waals surface area contributed by atoms with Crippen LogP contribution in [0.15, 0.2) is 0 Å². The average molecular weight is 535 g/mol. The van der Waals surface area contributed by atoms with Crippen molar-refractivity contribution in [1.82, 2.24) is 0 Å². The van der Waals surface area contributed by atoms with Gasteiger partial charge in [-0.15, -0.1) is 0 Å². The Hall–Kier alpha value is -0.294. The molecule has 5 heteroatoms. The van der Waals surface area contributed by atoms with Crippen LogP contribution in [0.1, 0.15) is 194 Å². The van der Waals surface area contributed by atoms with Gasteiger partial charge < -0.3 is 19.8 Å². The third-order valence-corrected chi connectivity index (χ3v) is 6.97. The summed E-state index contributed by atoms with van der Waals surface area (Å²) in [6, 6.07) is 0. The number of carboxylic acid groups (broad SMARTS) is 2. The molecule has 0 heterocycles. The van der Waals surface area contributed by atoms with E-state index in [2.05, 4.69) is 13.8 Å². The zero-order valence-corrected chi connectivity index (χ0v) is 26.6. The van der Waals surface area contributed by atoms with Crippen molar-refractivity contribution in [3.05, 3.63) is 0 Å². The number of hydrogen-bond acceptors (Lipinski definition) is 4. The first-order valence-electron chi connectivity index (χ1n) is 15.9. The van der Waals surface area contributed by atoms with Crippen molar-refractivity contribution in [3.8, 4) is 0 Å². The maximum absolute atomic E-state index is 10.2. The Kier molecular flexibility index (Phi) is 42.1. The third kappa shape index (κ3) is 46.0. The Labute approximate surface area is 247 Å². The molecule has 216 valence electrons. The van der Waals surface area contributed by atoms with E-state index in [1.54, 1.807) is 0 Å². The van der Waals surface area contributed by atoms with E-state index in [4.69, 9.17) is 0 Å². The Morgan fingerprint density at radius 3 is 0.676 bits per heavy atom. The fraction of sp³-hybridized carbons (Fsp3) is 0.938. The van der Waals surface area contributed by atoms with E-state index in [0.717, 1.165) is 25.7 Å². The predicted molar refractivity (Wildman–Crippen MR) is 156 cm³/mol. The minimum absolute atomic E-state index is 0. The number of unbranched alkanes of at least 4 members (excludes halogenated alkanes) is 24. The van der Waals surface area contributed by atoms with Gasteiger partial charge in [0.2, 0.25) is 0 Å². The number of carbonyl (C=O) groups excluding carboxylic acids is 2. The molecule has 0 amide bonds. The van der Waals surface area contributed by atoms with Crippen LogP contribution in [-0.4, -0.2) is 35.0 Å². The van der Waals surface area contributed by atoms with Gasteiger partial charge in [-0.2, -0.15) is 0 Å². The summed E-state index contributed by atoms with van der Waals surface area (Å²) in [5, 5.41) is 20.4. The summed E-state index contributed by atoms with van der Waals surface area (Å²) in [5.74, 6) is -1.81. The Morgan fingerprint density at radius 2 is 0.514 bits per heavy atom. The molecule has 0 aromatic rings. The van der Waals surface area contributed by atoms with Gasteiger partial charge in [-0.05, 0) is 25.7 Å². The maximum atomic E-state index is 10.2. The fourth-order valence-corrected chi connectivity index (χ4v) is 4.57. The van der Waals surface area contributed by atoms with Crippen molar-refractivity contribution in [2.75, 3.05) is 0 Å². The molecule has 0 aliphatic rings. The summed E-state index contributed by atoms with van der Waals surface area (Å²) < 4.78 is 0. The topological polar surface area (TPSA) is 80.3 Å². The second kappa shape index (κ2) is 37.9. The van der Waals surface area contributed by atoms with Crippen LogP contribution in [0.5, 0.6) is 0 Å². The maximum Gasteiger partial charge on any atom is 2.00 e. The second-order valence-corrected chi connectivity index (χ2v) is 10.7. The number of aliphatic carboxylic acids is 2. The second-order valence-electron chi connectivity index (χ2n) is 10.7. The van der Waals surface area contributed by atoms with Crippen molar-refractivity contribution in [2.45, 2.75) is 194 Å². The summed E-state index contributed by atoms with van der Waals surface area (Å²) in [4.78, 5) is 20.4. The largest absolute Gasteiger partial charge is 2.00 e. The SMILES string of the molecule is CCCCCCCCCCCCCC(=O)[O-].CCCCCCCCCCCCCCCCCC(=O)[O-].[Mg+2]. The molecule has 0 unspecified atom stereocenters. The Bertz CT molecular complexity index is 443. The summed E-state index contributed by atoms with van der Waals surface area (Å²) in [5.41, 5.74) is 0. The first-order chi connectivity index (χ1) is 17.5. The minimum atomic E-state index is -0.907. The standard InChI is InChI=1S/C18H36O2.C14H28O2.Mg/c1-2-3-4-5-6-7-8-9-10-11-12-13-14-15-16-17-18(19)20;1-2-3-4-5-6-7-8-9-10-11-12-13-14(15)16;/h2-17H2,1H3,(H,19,20);2-13H2,1H3,(H,15,16);/q;;+2/p-2. The molecule has 4 nitrogen and oxygen atoms in total. The van der Waals surface area contributed by atoms with Gasteiger partial charge in [0.05, 0.1) is 0 Å². The van der Waals surface area contributed by atoms with Crippen LogP contribution >= 0.6 is 0 Å². The molecule has 37 heavy (non-hydrogen) atoms. The normalized spacial score (nSPS) is 10.4. The van der Waals surface area contributed by atoms with Crippen LogP contribution in [0, 0.1) is 0 Å². The van der Waals surface area contributed by atoms with Crippen molar-refractivity contribution in [1.29, 1.82) is 0 Å². The number of rotatable bonds is 28. The third-order valence-electron chi connectivity index (χ3n) is 6.97. The van der Waals surface area contributed by atoms with Gasteiger partial charge in [0.15, 0.2) is 0 Å². The average Bonchev–Trinajstić information content (AvgIpc) is 2.85. The summed E-state index contributed by atoms with van der Waals surface area (Å²) in [7, 11) is 0. The van der Waals surface area contributed by atoms with E-state index in [1.165, 1.54) is 141 Å². The molecular weight excluding hydrogens is 473 g/mol.